The van der Waals surface area contributed by atoms with Crippen molar-refractivity contribution in [3.63, 3.8) is 0 Å². The smallest absolute Gasteiger partial charge is 0.197 e. The van der Waals surface area contributed by atoms with Gasteiger partial charge in [0.1, 0.15) is 28.3 Å². The molecule has 122 valence electrons. The lowest BCUT2D eigenvalue weighted by Gasteiger charge is -2.10. The molecule has 2 fully saturated rings. The molecule has 2 aromatic rings. The molecule has 4 rings (SSSR count). The van der Waals surface area contributed by atoms with E-state index in [2.05, 4.69) is 20.2 Å². The maximum Gasteiger partial charge on any atom is 0.197 e. The van der Waals surface area contributed by atoms with Crippen LogP contribution in [0.25, 0.3) is 0 Å². The summed E-state index contributed by atoms with van der Waals surface area (Å²) in [6, 6.07) is -0.974. The fourth-order valence-electron chi connectivity index (χ4n) is 2.06. The van der Waals surface area contributed by atoms with Crippen molar-refractivity contribution in [3.05, 3.63) is 12.7 Å². The summed E-state index contributed by atoms with van der Waals surface area (Å²) in [7, 11) is 14.0. The van der Waals surface area contributed by atoms with Crippen LogP contribution in [0.15, 0.2) is 23.0 Å². The van der Waals surface area contributed by atoms with E-state index in [1.807, 2.05) is 0 Å². The van der Waals surface area contributed by atoms with Gasteiger partial charge in [-0.25, -0.2) is 19.3 Å². The van der Waals surface area contributed by atoms with Crippen molar-refractivity contribution in [2.75, 3.05) is 0 Å². The zero-order valence-corrected chi connectivity index (χ0v) is 14.0. The Labute approximate surface area is 147 Å². The second-order valence-electron chi connectivity index (χ2n) is 5.55. The molecule has 0 saturated carbocycles. The van der Waals surface area contributed by atoms with Gasteiger partial charge in [-0.2, -0.15) is 10.2 Å². The molecule has 2 aliphatic heterocycles. The standard InChI is InChI=1S/C10H12B2N8O2S2/c11-5-9(13,21-5)1-19-7(15-3-17-19)23-24-8-16-4-18-20(8)2-10(14)6(12)22-10/h3-6H,1-2,13-14H2. The van der Waals surface area contributed by atoms with Crippen LogP contribution in [0.4, 0.5) is 0 Å². The third-order valence-corrected chi connectivity index (χ3v) is 5.84. The van der Waals surface area contributed by atoms with Gasteiger partial charge in [-0.1, -0.05) is 0 Å². The van der Waals surface area contributed by atoms with Gasteiger partial charge in [0.05, 0.1) is 25.1 Å². The van der Waals surface area contributed by atoms with Crippen LogP contribution in [0.1, 0.15) is 0 Å². The molecule has 4 atom stereocenters. The van der Waals surface area contributed by atoms with Crippen LogP contribution in [0.3, 0.4) is 0 Å². The van der Waals surface area contributed by atoms with Crippen molar-refractivity contribution < 1.29 is 9.47 Å². The first-order valence-electron chi connectivity index (χ1n) is 6.94. The molecule has 2 aliphatic rings. The molecule has 2 aromatic heterocycles. The number of nitrogens with two attached hydrogens (primary N) is 2. The highest BCUT2D eigenvalue weighted by atomic mass is 33.1. The largest absolute Gasteiger partial charge is 0.359 e. The van der Waals surface area contributed by atoms with E-state index in [0.29, 0.717) is 23.4 Å². The summed E-state index contributed by atoms with van der Waals surface area (Å²) >= 11 is 0. The summed E-state index contributed by atoms with van der Waals surface area (Å²) in [6.07, 6.45) is 2.88. The predicted octanol–water partition coefficient (Wildman–Crippen LogP) is -1.97. The van der Waals surface area contributed by atoms with E-state index in [1.54, 1.807) is 9.36 Å². The number of aromatic nitrogens is 6. The molecule has 0 aromatic carbocycles. The van der Waals surface area contributed by atoms with Gasteiger partial charge in [0.25, 0.3) is 0 Å². The average Bonchev–Trinajstić information content (AvgIpc) is 3.11. The van der Waals surface area contributed by atoms with Gasteiger partial charge in [-0.05, 0) is 21.6 Å². The second kappa shape index (κ2) is 5.74. The number of rotatable bonds is 7. The number of nitrogens with zero attached hydrogens (tertiary/aromatic N) is 6. The van der Waals surface area contributed by atoms with Crippen LogP contribution < -0.4 is 11.5 Å². The molecule has 4 N–H and O–H groups in total. The Balaban J connectivity index is 1.40. The minimum atomic E-state index is -0.890. The van der Waals surface area contributed by atoms with Crippen molar-refractivity contribution >= 4 is 37.3 Å². The van der Waals surface area contributed by atoms with Crippen molar-refractivity contribution in [1.82, 2.24) is 29.5 Å². The molecule has 0 spiro atoms. The van der Waals surface area contributed by atoms with Gasteiger partial charge < -0.3 is 20.9 Å². The van der Waals surface area contributed by atoms with E-state index in [-0.39, 0.29) is 0 Å². The number of hydrogen-bond acceptors (Lipinski definition) is 10. The Bertz CT molecular complexity index is 699. The first-order valence-corrected chi connectivity index (χ1v) is 9.09. The molecule has 4 heterocycles. The Hall–Kier alpha value is -1.05. The Kier molecular flexibility index (Phi) is 3.93. The van der Waals surface area contributed by atoms with E-state index in [9.17, 15) is 0 Å². The molecule has 0 aliphatic carbocycles. The first-order chi connectivity index (χ1) is 11.4. The van der Waals surface area contributed by atoms with Crippen molar-refractivity contribution in [1.29, 1.82) is 0 Å². The zero-order valence-electron chi connectivity index (χ0n) is 12.3. The fraction of sp³-hybridized carbons (Fsp3) is 0.600. The van der Waals surface area contributed by atoms with Crippen molar-refractivity contribution in [3.8, 4) is 0 Å². The minimum absolute atomic E-state index is 0.318. The monoisotopic (exact) mass is 362 g/mol. The van der Waals surface area contributed by atoms with Gasteiger partial charge >= 0.3 is 0 Å². The summed E-state index contributed by atoms with van der Waals surface area (Å²) in [5.41, 5.74) is 10.1. The lowest BCUT2D eigenvalue weighted by atomic mass is 9.98. The van der Waals surface area contributed by atoms with Gasteiger partial charge in [0, 0.05) is 0 Å². The van der Waals surface area contributed by atoms with Crippen molar-refractivity contribution in [2.24, 2.45) is 11.5 Å². The van der Waals surface area contributed by atoms with Crippen LogP contribution in [-0.2, 0) is 22.6 Å². The summed E-state index contributed by atoms with van der Waals surface area (Å²) in [4.78, 5) is 8.39. The SMILES string of the molecule is [B]C1OC1(N)Cn1ncnc1SSc1ncnn1CC1(N)OC1[B]. The lowest BCUT2D eigenvalue weighted by molar-refractivity contribution is 0.263. The molecule has 10 nitrogen and oxygen atoms in total. The van der Waals surface area contributed by atoms with Gasteiger partial charge in [-0.3, -0.25) is 0 Å². The van der Waals surface area contributed by atoms with E-state index < -0.39 is 23.5 Å². The summed E-state index contributed by atoms with van der Waals surface area (Å²) < 4.78 is 13.6. The highest BCUT2D eigenvalue weighted by Gasteiger charge is 2.50. The number of epoxide rings is 2. The van der Waals surface area contributed by atoms with E-state index in [0.717, 1.165) is 0 Å². The summed E-state index contributed by atoms with van der Waals surface area (Å²) in [5.74, 6) is 0. The fourth-order valence-corrected chi connectivity index (χ4v) is 4.00. The Morgan fingerprint density at radius 1 is 0.958 bits per heavy atom. The third kappa shape index (κ3) is 3.09. The lowest BCUT2D eigenvalue weighted by Crippen LogP contribution is -2.34. The van der Waals surface area contributed by atoms with Crippen LogP contribution in [0, 0.1) is 0 Å². The molecule has 0 bridgehead atoms. The number of hydrogen-bond donors (Lipinski definition) is 2. The zero-order chi connectivity index (χ0) is 16.9. The summed E-state index contributed by atoms with van der Waals surface area (Å²) in [6.45, 7) is 0.636. The van der Waals surface area contributed by atoms with Crippen LogP contribution in [0.5, 0.6) is 0 Å². The van der Waals surface area contributed by atoms with Crippen LogP contribution in [-0.4, -0.2) is 68.7 Å². The maximum atomic E-state index is 5.94. The topological polar surface area (TPSA) is 139 Å². The molecule has 0 amide bonds. The van der Waals surface area contributed by atoms with E-state index >= 15 is 0 Å². The highest BCUT2D eigenvalue weighted by Crippen LogP contribution is 2.38. The van der Waals surface area contributed by atoms with Gasteiger partial charge in [0.2, 0.25) is 0 Å². The quantitative estimate of drug-likeness (QED) is 0.324. The normalized spacial score (nSPS) is 34.4. The molecular formula is C10H12B2N8O2S2. The molecule has 4 radical (unpaired) electrons. The van der Waals surface area contributed by atoms with Crippen LogP contribution in [0.2, 0.25) is 0 Å². The molecule has 14 heteroatoms. The summed E-state index contributed by atoms with van der Waals surface area (Å²) in [5, 5.41) is 9.55. The highest BCUT2D eigenvalue weighted by molar-refractivity contribution is 8.76. The maximum absolute atomic E-state index is 5.94. The molecule has 24 heavy (non-hydrogen) atoms. The average molecular weight is 362 g/mol. The minimum Gasteiger partial charge on any atom is -0.359 e. The predicted molar refractivity (Wildman–Crippen MR) is 86.8 cm³/mol. The number of ether oxygens (including phenoxy) is 2. The van der Waals surface area contributed by atoms with Crippen molar-refractivity contribution in [2.45, 2.75) is 46.9 Å². The second-order valence-corrected chi connectivity index (χ2v) is 7.62. The van der Waals surface area contributed by atoms with Gasteiger partial charge in [0.15, 0.2) is 21.8 Å². The third-order valence-electron chi connectivity index (χ3n) is 3.69. The first kappa shape index (κ1) is 16.4. The van der Waals surface area contributed by atoms with E-state index in [1.165, 1.54) is 34.2 Å². The molecule has 4 unspecified atom stereocenters. The molecule has 2 saturated heterocycles. The van der Waals surface area contributed by atoms with E-state index in [4.69, 9.17) is 36.6 Å². The molecular weight excluding hydrogens is 350 g/mol. The Morgan fingerprint density at radius 2 is 1.33 bits per heavy atom. The van der Waals surface area contributed by atoms with Crippen LogP contribution >= 0.6 is 21.6 Å². The Morgan fingerprint density at radius 3 is 1.67 bits per heavy atom. The van der Waals surface area contributed by atoms with Gasteiger partial charge in [-0.15, -0.1) is 0 Å².